The first kappa shape index (κ1) is 22.9. The van der Waals surface area contributed by atoms with E-state index in [0.717, 1.165) is 48.9 Å². The number of fused-ring (bicyclic) bond motifs is 5. The van der Waals surface area contributed by atoms with Crippen molar-refractivity contribution in [2.45, 2.75) is 75.8 Å². The van der Waals surface area contributed by atoms with Crippen molar-refractivity contribution in [1.82, 2.24) is 4.90 Å². The number of carboxylic acids is 1. The number of rotatable bonds is 9. The van der Waals surface area contributed by atoms with E-state index in [9.17, 15) is 9.59 Å². The molecule has 5 rings (SSSR count). The van der Waals surface area contributed by atoms with Crippen LogP contribution in [0.1, 0.15) is 44.6 Å². The molecular weight excluding hydrogens is 432 g/mol. The van der Waals surface area contributed by atoms with Gasteiger partial charge < -0.3 is 14.6 Å². The Morgan fingerprint density at radius 2 is 1.82 bits per heavy atom. The molecule has 3 aliphatic heterocycles. The quantitative estimate of drug-likeness (QED) is 0.413. The molecule has 7 heteroatoms. The maximum atomic E-state index is 12.9. The Hall–Kier alpha value is -2.90. The lowest BCUT2D eigenvalue weighted by Crippen LogP contribution is -2.50. The summed E-state index contributed by atoms with van der Waals surface area (Å²) in [4.78, 5) is 26.2. The fourth-order valence-corrected chi connectivity index (χ4v) is 5.73. The summed E-state index contributed by atoms with van der Waals surface area (Å²) in [5.74, 6) is -0.772. The number of likely N-dealkylation sites (N-methyl/N-ethyl adjacent to an activating group) is 1. The van der Waals surface area contributed by atoms with Crippen LogP contribution in [0.15, 0.2) is 48.5 Å². The third kappa shape index (κ3) is 4.81. The van der Waals surface area contributed by atoms with Crippen LogP contribution < -0.4 is 5.32 Å². The van der Waals surface area contributed by atoms with E-state index in [2.05, 4.69) is 17.1 Å². The number of hydrogen-bond acceptors (Lipinski definition) is 5. The van der Waals surface area contributed by atoms with Crippen molar-refractivity contribution in [2.75, 3.05) is 11.9 Å². The zero-order valence-electron chi connectivity index (χ0n) is 19.5. The molecule has 7 nitrogen and oxygen atoms in total. The van der Waals surface area contributed by atoms with Gasteiger partial charge in [-0.3, -0.25) is 15.0 Å². The number of anilines is 1. The number of carboxylic acid groups (broad SMARTS) is 1. The molecule has 0 radical (unpaired) electrons. The second-order valence-corrected chi connectivity index (χ2v) is 9.50. The Balaban J connectivity index is 1.26. The van der Waals surface area contributed by atoms with Crippen molar-refractivity contribution >= 4 is 17.7 Å². The van der Waals surface area contributed by atoms with Gasteiger partial charge in [-0.2, -0.15) is 0 Å². The van der Waals surface area contributed by atoms with E-state index >= 15 is 0 Å². The molecule has 0 spiro atoms. The van der Waals surface area contributed by atoms with Crippen molar-refractivity contribution in [3.05, 3.63) is 54.1 Å². The number of benzene rings is 2. The molecule has 3 heterocycles. The van der Waals surface area contributed by atoms with Crippen LogP contribution in [0.3, 0.4) is 0 Å². The number of ether oxygens (including phenoxy) is 2. The number of nitrogens with one attached hydrogen (secondary N) is 1. The summed E-state index contributed by atoms with van der Waals surface area (Å²) in [6, 6.07) is 16.7. The smallest absolute Gasteiger partial charge is 0.411 e. The number of aliphatic carboxylic acids is 1. The number of carbonyl (C=O) groups is 2. The second kappa shape index (κ2) is 9.76. The highest BCUT2D eigenvalue weighted by Crippen LogP contribution is 2.48. The van der Waals surface area contributed by atoms with Crippen molar-refractivity contribution in [1.29, 1.82) is 0 Å². The zero-order valence-corrected chi connectivity index (χ0v) is 19.5. The largest absolute Gasteiger partial charge is 0.481 e. The van der Waals surface area contributed by atoms with Crippen LogP contribution >= 0.6 is 0 Å². The van der Waals surface area contributed by atoms with Gasteiger partial charge in [0, 0.05) is 36.9 Å². The summed E-state index contributed by atoms with van der Waals surface area (Å²) < 4.78 is 11.7. The van der Waals surface area contributed by atoms with E-state index in [1.54, 1.807) is 0 Å². The number of epoxide rings is 1. The number of carbonyl (C=O) groups excluding carboxylic acids is 1. The number of piperidine rings is 1. The Labute approximate surface area is 200 Å². The standard InChI is InChI=1S/C27H32N2O5/c1-2-29-22-15-19(16-23(29)26-25(22)34-26)33-27(32)28-21-14-17(8-6-7-11-24(30)31)12-13-20(21)18-9-4-3-5-10-18/h3-5,9-10,12-14,19,22-23,25-26H,2,6-8,11,15-16H2,1H3,(H,28,32)(H,30,31)/t19?,22-,23+,25-,26+. The normalized spacial score (nSPS) is 27.1. The molecule has 2 bridgehead atoms. The van der Waals surface area contributed by atoms with Crippen molar-refractivity contribution in [3.8, 4) is 11.1 Å². The fraction of sp³-hybridized carbons (Fsp3) is 0.481. The van der Waals surface area contributed by atoms with Crippen LogP contribution in [0.4, 0.5) is 10.5 Å². The number of morpholine rings is 1. The Morgan fingerprint density at radius 1 is 1.09 bits per heavy atom. The Kier molecular flexibility index (Phi) is 6.57. The predicted molar refractivity (Wildman–Crippen MR) is 129 cm³/mol. The molecule has 5 atom stereocenters. The van der Waals surface area contributed by atoms with Gasteiger partial charge in [0.15, 0.2) is 0 Å². The Morgan fingerprint density at radius 3 is 2.50 bits per heavy atom. The lowest BCUT2D eigenvalue weighted by Gasteiger charge is -2.39. The molecule has 1 unspecified atom stereocenters. The van der Waals surface area contributed by atoms with E-state index in [1.165, 1.54) is 0 Å². The minimum absolute atomic E-state index is 0.103. The van der Waals surface area contributed by atoms with Crippen LogP contribution in [0, 0.1) is 0 Å². The van der Waals surface area contributed by atoms with Crippen LogP contribution in [-0.4, -0.2) is 59.0 Å². The molecule has 3 fully saturated rings. The first-order valence-electron chi connectivity index (χ1n) is 12.3. The highest BCUT2D eigenvalue weighted by Gasteiger charge is 2.63. The molecule has 2 N–H and O–H groups in total. The molecule has 2 aromatic rings. The maximum Gasteiger partial charge on any atom is 0.411 e. The molecule has 0 aromatic heterocycles. The summed E-state index contributed by atoms with van der Waals surface area (Å²) in [5, 5.41) is 11.9. The van der Waals surface area contributed by atoms with Gasteiger partial charge in [-0.25, -0.2) is 4.79 Å². The van der Waals surface area contributed by atoms with Crippen LogP contribution in [0.5, 0.6) is 0 Å². The van der Waals surface area contributed by atoms with Crippen LogP contribution in [0.25, 0.3) is 11.1 Å². The average Bonchev–Trinajstić information content (AvgIpc) is 3.59. The Bertz CT molecular complexity index is 1020. The predicted octanol–water partition coefficient (Wildman–Crippen LogP) is 4.70. The maximum absolute atomic E-state index is 12.9. The molecule has 2 aromatic carbocycles. The van der Waals surface area contributed by atoms with Gasteiger partial charge in [0.25, 0.3) is 0 Å². The number of unbranched alkanes of at least 4 members (excludes halogenated alkanes) is 1. The third-order valence-electron chi connectivity index (χ3n) is 7.33. The minimum Gasteiger partial charge on any atom is -0.481 e. The monoisotopic (exact) mass is 464 g/mol. The van der Waals surface area contributed by atoms with Crippen LogP contribution in [-0.2, 0) is 20.7 Å². The minimum atomic E-state index is -0.772. The van der Waals surface area contributed by atoms with Crippen molar-refractivity contribution in [2.24, 2.45) is 0 Å². The number of nitrogens with zero attached hydrogens (tertiary/aromatic N) is 1. The van der Waals surface area contributed by atoms with E-state index in [4.69, 9.17) is 14.6 Å². The lowest BCUT2D eigenvalue weighted by atomic mass is 9.98. The van der Waals surface area contributed by atoms with Gasteiger partial charge in [0.2, 0.25) is 0 Å². The number of amides is 1. The first-order valence-corrected chi connectivity index (χ1v) is 12.3. The molecule has 34 heavy (non-hydrogen) atoms. The SMILES string of the molecule is CCN1[C@@H]2CC(OC(=O)Nc3cc(CCCCC(=O)O)ccc3-c3ccccc3)C[C@H]1[C@@H]1O[C@@H]12. The molecule has 1 amide bonds. The van der Waals surface area contributed by atoms with Gasteiger partial charge in [0.1, 0.15) is 18.3 Å². The van der Waals surface area contributed by atoms with E-state index in [-0.39, 0.29) is 12.5 Å². The van der Waals surface area contributed by atoms with Gasteiger partial charge in [-0.05, 0) is 43.0 Å². The summed E-state index contributed by atoms with van der Waals surface area (Å²) in [5.41, 5.74) is 3.73. The first-order chi connectivity index (χ1) is 16.5. The van der Waals surface area contributed by atoms with Crippen molar-refractivity contribution < 1.29 is 24.2 Å². The van der Waals surface area contributed by atoms with Gasteiger partial charge in [0.05, 0.1) is 5.69 Å². The van der Waals surface area contributed by atoms with E-state index in [1.807, 2.05) is 48.5 Å². The summed E-state index contributed by atoms with van der Waals surface area (Å²) in [7, 11) is 0. The number of hydrogen-bond donors (Lipinski definition) is 2. The van der Waals surface area contributed by atoms with Gasteiger partial charge >= 0.3 is 12.1 Å². The number of aryl methyl sites for hydroxylation is 1. The molecule has 180 valence electrons. The highest BCUT2D eigenvalue weighted by atomic mass is 16.6. The highest BCUT2D eigenvalue weighted by molar-refractivity contribution is 5.91. The average molecular weight is 465 g/mol. The summed E-state index contributed by atoms with van der Waals surface area (Å²) >= 11 is 0. The molecule has 3 saturated heterocycles. The zero-order chi connectivity index (χ0) is 23.7. The molecule has 0 aliphatic carbocycles. The molecule has 3 aliphatic rings. The van der Waals surface area contributed by atoms with Gasteiger partial charge in [-0.15, -0.1) is 0 Å². The van der Waals surface area contributed by atoms with E-state index in [0.29, 0.717) is 36.4 Å². The topological polar surface area (TPSA) is 91.4 Å². The molecular formula is C27H32N2O5. The fourth-order valence-electron chi connectivity index (χ4n) is 5.73. The molecule has 0 saturated carbocycles. The van der Waals surface area contributed by atoms with Crippen LogP contribution in [0.2, 0.25) is 0 Å². The lowest BCUT2D eigenvalue weighted by molar-refractivity contribution is -0.137. The third-order valence-corrected chi connectivity index (χ3v) is 7.33. The van der Waals surface area contributed by atoms with E-state index < -0.39 is 12.1 Å². The van der Waals surface area contributed by atoms with Gasteiger partial charge in [-0.1, -0.05) is 49.4 Å². The summed E-state index contributed by atoms with van der Waals surface area (Å²) in [6.07, 6.45) is 4.06. The summed E-state index contributed by atoms with van der Waals surface area (Å²) in [6.45, 7) is 3.18. The van der Waals surface area contributed by atoms with Crippen molar-refractivity contribution in [3.63, 3.8) is 0 Å². The second-order valence-electron chi connectivity index (χ2n) is 9.50.